The third-order valence-electron chi connectivity index (χ3n) is 2.16. The SMILES string of the molecule is CCCn1ccnc(SCC(C)CO)c1=O. The highest BCUT2D eigenvalue weighted by Crippen LogP contribution is 2.14. The molecule has 0 fully saturated rings. The Kier molecular flexibility index (Phi) is 5.55. The van der Waals surface area contributed by atoms with Crippen molar-refractivity contribution >= 4 is 11.8 Å². The summed E-state index contributed by atoms with van der Waals surface area (Å²) in [5.74, 6) is 0.903. The average Bonchev–Trinajstić information content (AvgIpc) is 2.30. The number of hydrogen-bond acceptors (Lipinski definition) is 4. The molecule has 1 heterocycles. The molecule has 1 N–H and O–H groups in total. The van der Waals surface area contributed by atoms with Crippen molar-refractivity contribution in [3.63, 3.8) is 0 Å². The van der Waals surface area contributed by atoms with Crippen LogP contribution in [0.5, 0.6) is 0 Å². The van der Waals surface area contributed by atoms with Gasteiger partial charge in [0.05, 0.1) is 0 Å². The predicted molar refractivity (Wildman–Crippen MR) is 65.8 cm³/mol. The molecule has 90 valence electrons. The van der Waals surface area contributed by atoms with Crippen molar-refractivity contribution in [2.45, 2.75) is 31.8 Å². The third kappa shape index (κ3) is 3.64. The Morgan fingerprint density at radius 2 is 2.38 bits per heavy atom. The highest BCUT2D eigenvalue weighted by atomic mass is 32.2. The van der Waals surface area contributed by atoms with Crippen LogP contribution in [0.4, 0.5) is 0 Å². The summed E-state index contributed by atoms with van der Waals surface area (Å²) in [5, 5.41) is 9.43. The molecule has 5 heteroatoms. The van der Waals surface area contributed by atoms with E-state index in [4.69, 9.17) is 5.11 Å². The van der Waals surface area contributed by atoms with Crippen molar-refractivity contribution in [2.24, 2.45) is 5.92 Å². The van der Waals surface area contributed by atoms with Crippen LogP contribution in [0, 0.1) is 5.92 Å². The minimum atomic E-state index is -0.0283. The highest BCUT2D eigenvalue weighted by molar-refractivity contribution is 7.99. The van der Waals surface area contributed by atoms with E-state index in [1.807, 2.05) is 13.8 Å². The molecule has 1 unspecified atom stereocenters. The second-order valence-corrected chi connectivity index (χ2v) is 4.84. The van der Waals surface area contributed by atoms with Crippen molar-refractivity contribution in [3.8, 4) is 0 Å². The molecule has 0 bridgehead atoms. The largest absolute Gasteiger partial charge is 0.396 e. The van der Waals surface area contributed by atoms with E-state index in [1.165, 1.54) is 11.8 Å². The number of rotatable bonds is 6. The van der Waals surface area contributed by atoms with Crippen LogP contribution in [0.25, 0.3) is 0 Å². The van der Waals surface area contributed by atoms with E-state index in [0.717, 1.165) is 18.7 Å². The van der Waals surface area contributed by atoms with E-state index in [9.17, 15) is 4.79 Å². The van der Waals surface area contributed by atoms with E-state index >= 15 is 0 Å². The fourth-order valence-electron chi connectivity index (χ4n) is 1.22. The molecule has 4 nitrogen and oxygen atoms in total. The molecule has 0 spiro atoms. The molecule has 1 atom stereocenters. The quantitative estimate of drug-likeness (QED) is 0.766. The molecule has 1 rings (SSSR count). The minimum Gasteiger partial charge on any atom is -0.396 e. The zero-order chi connectivity index (χ0) is 12.0. The second-order valence-electron chi connectivity index (χ2n) is 3.83. The Morgan fingerprint density at radius 3 is 3.00 bits per heavy atom. The van der Waals surface area contributed by atoms with Gasteiger partial charge in [-0.05, 0) is 12.3 Å². The van der Waals surface area contributed by atoms with Gasteiger partial charge in [-0.15, -0.1) is 11.8 Å². The first-order valence-electron chi connectivity index (χ1n) is 5.48. The number of thioether (sulfide) groups is 1. The molecule has 16 heavy (non-hydrogen) atoms. The molecular formula is C11H18N2O2S. The van der Waals surface area contributed by atoms with Crippen molar-refractivity contribution < 1.29 is 5.11 Å². The number of aromatic nitrogens is 2. The standard InChI is InChI=1S/C11H18N2O2S/c1-3-5-13-6-4-12-10(11(13)15)16-8-9(2)7-14/h4,6,9,14H,3,5,7-8H2,1-2H3. The maximum Gasteiger partial charge on any atom is 0.283 e. The number of nitrogens with zero attached hydrogens (tertiary/aromatic N) is 2. The Morgan fingerprint density at radius 1 is 1.62 bits per heavy atom. The molecule has 0 aliphatic carbocycles. The lowest BCUT2D eigenvalue weighted by atomic mass is 10.2. The molecule has 0 radical (unpaired) electrons. The Balaban J connectivity index is 2.73. The highest BCUT2D eigenvalue weighted by Gasteiger charge is 2.07. The second kappa shape index (κ2) is 6.70. The normalized spacial score (nSPS) is 12.7. The third-order valence-corrected chi connectivity index (χ3v) is 3.45. The van der Waals surface area contributed by atoms with Gasteiger partial charge in [0.25, 0.3) is 5.56 Å². The fourth-order valence-corrected chi connectivity index (χ4v) is 2.14. The van der Waals surface area contributed by atoms with Gasteiger partial charge in [-0.1, -0.05) is 13.8 Å². The lowest BCUT2D eigenvalue weighted by molar-refractivity contribution is 0.250. The van der Waals surface area contributed by atoms with Gasteiger partial charge in [0.2, 0.25) is 0 Å². The molecule has 1 aromatic heterocycles. The fraction of sp³-hybridized carbons (Fsp3) is 0.636. The van der Waals surface area contributed by atoms with Crippen molar-refractivity contribution in [1.29, 1.82) is 0 Å². The summed E-state index contributed by atoms with van der Waals surface area (Å²) in [5.41, 5.74) is -0.0283. The maximum absolute atomic E-state index is 11.9. The van der Waals surface area contributed by atoms with E-state index < -0.39 is 0 Å². The van der Waals surface area contributed by atoms with E-state index in [2.05, 4.69) is 4.98 Å². The van der Waals surface area contributed by atoms with Crippen LogP contribution in [-0.4, -0.2) is 27.0 Å². The summed E-state index contributed by atoms with van der Waals surface area (Å²) in [7, 11) is 0. The predicted octanol–water partition coefficient (Wildman–Crippen LogP) is 1.37. The van der Waals surface area contributed by atoms with Gasteiger partial charge in [-0.2, -0.15) is 0 Å². The zero-order valence-electron chi connectivity index (χ0n) is 9.72. The number of aliphatic hydroxyl groups excluding tert-OH is 1. The monoisotopic (exact) mass is 242 g/mol. The van der Waals surface area contributed by atoms with E-state index in [0.29, 0.717) is 5.03 Å². The Labute approximate surface area is 99.7 Å². The Hall–Kier alpha value is -0.810. The van der Waals surface area contributed by atoms with Crippen molar-refractivity contribution in [3.05, 3.63) is 22.7 Å². The molecule has 0 saturated carbocycles. The smallest absolute Gasteiger partial charge is 0.283 e. The zero-order valence-corrected chi connectivity index (χ0v) is 10.5. The van der Waals surface area contributed by atoms with Crippen molar-refractivity contribution in [1.82, 2.24) is 9.55 Å². The summed E-state index contributed by atoms with van der Waals surface area (Å²) >= 11 is 1.42. The van der Waals surface area contributed by atoms with Crippen LogP contribution >= 0.6 is 11.8 Å². The molecule has 0 aliphatic heterocycles. The van der Waals surface area contributed by atoms with Crippen molar-refractivity contribution in [2.75, 3.05) is 12.4 Å². The first-order valence-corrected chi connectivity index (χ1v) is 6.46. The molecule has 0 aliphatic rings. The number of aryl methyl sites for hydroxylation is 1. The summed E-state index contributed by atoms with van der Waals surface area (Å²) < 4.78 is 1.68. The van der Waals surface area contributed by atoms with Gasteiger partial charge in [0, 0.05) is 31.3 Å². The first-order chi connectivity index (χ1) is 7.69. The number of aliphatic hydroxyl groups is 1. The van der Waals surface area contributed by atoms with Crippen LogP contribution < -0.4 is 5.56 Å². The lowest BCUT2D eigenvalue weighted by Gasteiger charge is -2.08. The van der Waals surface area contributed by atoms with E-state index in [1.54, 1.807) is 17.0 Å². The molecule has 1 aromatic rings. The molecule has 0 amide bonds. The van der Waals surface area contributed by atoms with Gasteiger partial charge in [0.15, 0.2) is 5.03 Å². The number of hydrogen-bond donors (Lipinski definition) is 1. The lowest BCUT2D eigenvalue weighted by Crippen LogP contribution is -2.22. The first kappa shape index (κ1) is 13.3. The summed E-state index contributed by atoms with van der Waals surface area (Å²) in [6.07, 6.45) is 4.30. The van der Waals surface area contributed by atoms with Crippen LogP contribution in [0.2, 0.25) is 0 Å². The van der Waals surface area contributed by atoms with E-state index in [-0.39, 0.29) is 18.1 Å². The van der Waals surface area contributed by atoms with Gasteiger partial charge >= 0.3 is 0 Å². The molecular weight excluding hydrogens is 224 g/mol. The van der Waals surface area contributed by atoms with Crippen LogP contribution in [0.3, 0.4) is 0 Å². The average molecular weight is 242 g/mol. The van der Waals surface area contributed by atoms with Gasteiger partial charge < -0.3 is 9.67 Å². The minimum absolute atomic E-state index is 0.0283. The molecule has 0 saturated heterocycles. The topological polar surface area (TPSA) is 55.1 Å². The van der Waals surface area contributed by atoms with Gasteiger partial charge in [-0.3, -0.25) is 4.79 Å². The summed E-state index contributed by atoms with van der Waals surface area (Å²) in [6.45, 7) is 4.85. The van der Waals surface area contributed by atoms with Gasteiger partial charge in [0.1, 0.15) is 0 Å². The van der Waals surface area contributed by atoms with Crippen LogP contribution in [0.1, 0.15) is 20.3 Å². The van der Waals surface area contributed by atoms with Crippen LogP contribution in [0.15, 0.2) is 22.2 Å². The van der Waals surface area contributed by atoms with Crippen LogP contribution in [-0.2, 0) is 6.54 Å². The molecule has 0 aromatic carbocycles. The summed E-state index contributed by atoms with van der Waals surface area (Å²) in [4.78, 5) is 16.0. The van der Waals surface area contributed by atoms with Gasteiger partial charge in [-0.25, -0.2) is 4.98 Å². The maximum atomic E-state index is 11.9. The Bertz CT molecular complexity index is 378. The summed E-state index contributed by atoms with van der Waals surface area (Å²) in [6, 6.07) is 0.